The summed E-state index contributed by atoms with van der Waals surface area (Å²) in [5.41, 5.74) is 3.78. The first-order valence-electron chi connectivity index (χ1n) is 9.64. The second kappa shape index (κ2) is 9.36. The van der Waals surface area contributed by atoms with Crippen LogP contribution in [0.5, 0.6) is 0 Å². The summed E-state index contributed by atoms with van der Waals surface area (Å²) in [7, 11) is 0. The molecule has 0 spiro atoms. The molecular formula is C23H28O4. The molecule has 4 nitrogen and oxygen atoms in total. The molecule has 0 radical (unpaired) electrons. The Bertz CT molecular complexity index is 822. The zero-order valence-electron chi connectivity index (χ0n) is 16.3. The Morgan fingerprint density at radius 1 is 0.815 bits per heavy atom. The summed E-state index contributed by atoms with van der Waals surface area (Å²) in [6, 6.07) is 9.32. The molecule has 0 aliphatic rings. The first kappa shape index (κ1) is 20.7. The maximum atomic E-state index is 12.2. The SMILES string of the molecule is CCCCc1c(C)c(C(=O)O)c(C(=O)O)c(-c2ccccc2)c1CCCC. The number of carboxylic acid groups (broad SMARTS) is 2. The van der Waals surface area contributed by atoms with Gasteiger partial charge in [0, 0.05) is 5.56 Å². The van der Waals surface area contributed by atoms with Gasteiger partial charge in [0.05, 0.1) is 11.1 Å². The van der Waals surface area contributed by atoms with Crippen molar-refractivity contribution in [1.29, 1.82) is 0 Å². The van der Waals surface area contributed by atoms with Crippen molar-refractivity contribution < 1.29 is 19.8 Å². The molecular weight excluding hydrogens is 340 g/mol. The fraction of sp³-hybridized carbons (Fsp3) is 0.391. The predicted molar refractivity (Wildman–Crippen MR) is 108 cm³/mol. The topological polar surface area (TPSA) is 74.6 Å². The lowest BCUT2D eigenvalue weighted by molar-refractivity contribution is 0.0651. The number of carboxylic acids is 2. The number of aromatic carboxylic acids is 2. The van der Waals surface area contributed by atoms with Gasteiger partial charge >= 0.3 is 11.9 Å². The van der Waals surface area contributed by atoms with Gasteiger partial charge in [-0.05, 0) is 54.9 Å². The molecule has 0 aromatic heterocycles. The van der Waals surface area contributed by atoms with Crippen LogP contribution in [-0.4, -0.2) is 22.2 Å². The summed E-state index contributed by atoms with van der Waals surface area (Å²) in [4.78, 5) is 24.2. The highest BCUT2D eigenvalue weighted by Gasteiger charge is 2.29. The lowest BCUT2D eigenvalue weighted by atomic mass is 9.80. The first-order chi connectivity index (χ1) is 12.9. The van der Waals surface area contributed by atoms with Gasteiger partial charge in [0.2, 0.25) is 0 Å². The van der Waals surface area contributed by atoms with Gasteiger partial charge in [-0.25, -0.2) is 9.59 Å². The summed E-state index contributed by atoms with van der Waals surface area (Å²) in [6.07, 6.45) is 5.38. The fourth-order valence-corrected chi connectivity index (χ4v) is 3.72. The summed E-state index contributed by atoms with van der Waals surface area (Å²) in [5.74, 6) is -2.36. The van der Waals surface area contributed by atoms with Gasteiger partial charge in [0.25, 0.3) is 0 Å². The second-order valence-electron chi connectivity index (χ2n) is 6.89. The molecule has 0 aliphatic heterocycles. The van der Waals surface area contributed by atoms with Crippen molar-refractivity contribution in [2.75, 3.05) is 0 Å². The Labute approximate surface area is 160 Å². The van der Waals surface area contributed by atoms with Gasteiger partial charge in [0.1, 0.15) is 0 Å². The predicted octanol–water partition coefficient (Wildman–Crippen LogP) is 5.74. The standard InChI is InChI=1S/C23H28O4/c1-4-6-13-17-15(3)19(22(24)25)21(23(26)27)20(18(17)14-7-5-2)16-11-9-8-10-12-16/h8-12H,4-7,13-14H2,1-3H3,(H,24,25)(H,26,27). The Hall–Kier alpha value is -2.62. The summed E-state index contributed by atoms with van der Waals surface area (Å²) in [5, 5.41) is 19.8. The molecule has 2 rings (SSSR count). The number of benzene rings is 2. The Kier molecular flexibility index (Phi) is 7.17. The van der Waals surface area contributed by atoms with Gasteiger partial charge in [-0.15, -0.1) is 0 Å². The van der Waals surface area contributed by atoms with Crippen LogP contribution in [0.4, 0.5) is 0 Å². The largest absolute Gasteiger partial charge is 0.478 e. The first-order valence-corrected chi connectivity index (χ1v) is 9.64. The van der Waals surface area contributed by atoms with Crippen LogP contribution in [0.2, 0.25) is 0 Å². The minimum absolute atomic E-state index is 0.0762. The van der Waals surface area contributed by atoms with E-state index in [4.69, 9.17) is 0 Å². The molecule has 4 heteroatoms. The van der Waals surface area contributed by atoms with Crippen molar-refractivity contribution in [3.05, 3.63) is 58.1 Å². The number of unbranched alkanes of at least 4 members (excludes halogenated alkanes) is 2. The van der Waals surface area contributed by atoms with E-state index in [0.717, 1.165) is 55.2 Å². The van der Waals surface area contributed by atoms with Gasteiger partial charge in [0.15, 0.2) is 0 Å². The van der Waals surface area contributed by atoms with E-state index in [0.29, 0.717) is 11.1 Å². The van der Waals surface area contributed by atoms with Crippen molar-refractivity contribution in [2.45, 2.75) is 59.3 Å². The van der Waals surface area contributed by atoms with E-state index in [1.54, 1.807) is 6.92 Å². The highest BCUT2D eigenvalue weighted by atomic mass is 16.4. The van der Waals surface area contributed by atoms with E-state index in [1.807, 2.05) is 30.3 Å². The van der Waals surface area contributed by atoms with Crippen LogP contribution < -0.4 is 0 Å². The Morgan fingerprint density at radius 2 is 1.33 bits per heavy atom. The minimum Gasteiger partial charge on any atom is -0.478 e. The molecule has 0 atom stereocenters. The average molecular weight is 368 g/mol. The lowest BCUT2D eigenvalue weighted by Crippen LogP contribution is -2.17. The third kappa shape index (κ3) is 4.38. The van der Waals surface area contributed by atoms with Gasteiger partial charge in [-0.1, -0.05) is 57.0 Å². The number of carbonyl (C=O) groups is 2. The van der Waals surface area contributed by atoms with Crippen molar-refractivity contribution in [3.8, 4) is 11.1 Å². The molecule has 2 N–H and O–H groups in total. The normalized spacial score (nSPS) is 10.8. The number of rotatable bonds is 9. The van der Waals surface area contributed by atoms with Gasteiger partial charge < -0.3 is 10.2 Å². The molecule has 0 unspecified atom stereocenters. The molecule has 0 aliphatic carbocycles. The van der Waals surface area contributed by atoms with Crippen molar-refractivity contribution >= 4 is 11.9 Å². The summed E-state index contributed by atoms with van der Waals surface area (Å²) >= 11 is 0. The molecule has 0 fully saturated rings. The quantitative estimate of drug-likeness (QED) is 0.591. The summed E-state index contributed by atoms with van der Waals surface area (Å²) in [6.45, 7) is 5.96. The van der Waals surface area contributed by atoms with Gasteiger partial charge in [-0.2, -0.15) is 0 Å². The van der Waals surface area contributed by atoms with Crippen molar-refractivity contribution in [1.82, 2.24) is 0 Å². The van der Waals surface area contributed by atoms with Crippen molar-refractivity contribution in [2.24, 2.45) is 0 Å². The molecule has 0 saturated carbocycles. The van der Waals surface area contributed by atoms with Crippen LogP contribution in [0.1, 0.15) is 76.9 Å². The zero-order chi connectivity index (χ0) is 20.0. The smallest absolute Gasteiger partial charge is 0.337 e. The van der Waals surface area contributed by atoms with Crippen LogP contribution in [0.3, 0.4) is 0 Å². The van der Waals surface area contributed by atoms with E-state index in [-0.39, 0.29) is 11.1 Å². The third-order valence-electron chi connectivity index (χ3n) is 5.04. The van der Waals surface area contributed by atoms with E-state index in [2.05, 4.69) is 13.8 Å². The third-order valence-corrected chi connectivity index (χ3v) is 5.04. The Balaban J connectivity index is 2.95. The molecule has 0 bridgehead atoms. The molecule has 144 valence electrons. The zero-order valence-corrected chi connectivity index (χ0v) is 16.3. The molecule has 0 heterocycles. The van der Waals surface area contributed by atoms with Crippen molar-refractivity contribution in [3.63, 3.8) is 0 Å². The Morgan fingerprint density at radius 3 is 1.81 bits per heavy atom. The van der Waals surface area contributed by atoms with Crippen LogP contribution in [0, 0.1) is 6.92 Å². The lowest BCUT2D eigenvalue weighted by Gasteiger charge is -2.23. The molecule has 27 heavy (non-hydrogen) atoms. The van der Waals surface area contributed by atoms with Gasteiger partial charge in [-0.3, -0.25) is 0 Å². The molecule has 0 amide bonds. The number of hydrogen-bond acceptors (Lipinski definition) is 2. The van der Waals surface area contributed by atoms with Crippen LogP contribution in [-0.2, 0) is 12.8 Å². The fourth-order valence-electron chi connectivity index (χ4n) is 3.72. The maximum Gasteiger partial charge on any atom is 0.337 e. The molecule has 0 saturated heterocycles. The van der Waals surface area contributed by atoms with E-state index in [1.165, 1.54) is 0 Å². The highest BCUT2D eigenvalue weighted by molar-refractivity contribution is 6.08. The van der Waals surface area contributed by atoms with Crippen LogP contribution in [0.25, 0.3) is 11.1 Å². The average Bonchev–Trinajstić information content (AvgIpc) is 2.65. The summed E-state index contributed by atoms with van der Waals surface area (Å²) < 4.78 is 0. The van der Waals surface area contributed by atoms with E-state index >= 15 is 0 Å². The number of hydrogen-bond donors (Lipinski definition) is 2. The maximum absolute atomic E-state index is 12.2. The minimum atomic E-state index is -1.19. The molecule has 2 aromatic carbocycles. The second-order valence-corrected chi connectivity index (χ2v) is 6.89. The highest BCUT2D eigenvalue weighted by Crippen LogP contribution is 2.37. The van der Waals surface area contributed by atoms with Crippen LogP contribution in [0.15, 0.2) is 30.3 Å². The monoisotopic (exact) mass is 368 g/mol. The molecule has 2 aromatic rings. The van der Waals surface area contributed by atoms with Crippen LogP contribution >= 0.6 is 0 Å². The van der Waals surface area contributed by atoms with E-state index < -0.39 is 11.9 Å². The van der Waals surface area contributed by atoms with E-state index in [9.17, 15) is 19.8 Å².